The van der Waals surface area contributed by atoms with Crippen molar-refractivity contribution in [2.24, 2.45) is 10.2 Å². The molecule has 0 bridgehead atoms. The molecule has 3 aromatic rings. The number of phenols is 1. The molecule has 23 heavy (non-hydrogen) atoms. The Bertz CT molecular complexity index is 947. The molecule has 0 unspecified atom stereocenters. The third kappa shape index (κ3) is 3.28. The van der Waals surface area contributed by atoms with E-state index in [9.17, 15) is 9.90 Å². The van der Waals surface area contributed by atoms with Crippen LogP contribution < -0.4 is 5.56 Å². The van der Waals surface area contributed by atoms with Gasteiger partial charge in [-0.2, -0.15) is 5.11 Å². The number of phenolic OH excluding ortho intramolecular Hbond substituents is 1. The predicted octanol–water partition coefficient (Wildman–Crippen LogP) is 4.80. The smallest absolute Gasteiger partial charge is 0.292 e. The summed E-state index contributed by atoms with van der Waals surface area (Å²) in [5.74, 6) is 0.0805. The van der Waals surface area contributed by atoms with Crippen molar-refractivity contribution in [2.45, 2.75) is 0 Å². The van der Waals surface area contributed by atoms with Crippen molar-refractivity contribution in [3.05, 3.63) is 62.9 Å². The standard InChI is InChI=1S/C15H10Cl2N4O2/c16-11-5-4-9(7-12(11)17)18-20-14-13(19-21-15(14)23)8-2-1-3-10(22)6-8/h1-7,22H,(H2,19,21,23). The summed E-state index contributed by atoms with van der Waals surface area (Å²) in [6.07, 6.45) is 0. The second kappa shape index (κ2) is 6.28. The van der Waals surface area contributed by atoms with Gasteiger partial charge in [0, 0.05) is 5.56 Å². The van der Waals surface area contributed by atoms with Crippen LogP contribution >= 0.6 is 23.2 Å². The van der Waals surface area contributed by atoms with Crippen LogP contribution in [-0.2, 0) is 0 Å². The Morgan fingerprint density at radius 3 is 2.52 bits per heavy atom. The molecule has 0 saturated heterocycles. The van der Waals surface area contributed by atoms with Gasteiger partial charge in [0.2, 0.25) is 0 Å². The fraction of sp³-hybridized carbons (Fsp3) is 0. The molecule has 1 heterocycles. The predicted molar refractivity (Wildman–Crippen MR) is 89.2 cm³/mol. The Hall–Kier alpha value is -2.57. The lowest BCUT2D eigenvalue weighted by atomic mass is 10.1. The Balaban J connectivity index is 2.00. The zero-order valence-corrected chi connectivity index (χ0v) is 13.1. The first-order chi connectivity index (χ1) is 11.0. The van der Waals surface area contributed by atoms with Crippen LogP contribution in [0.4, 0.5) is 11.4 Å². The van der Waals surface area contributed by atoms with Crippen molar-refractivity contribution in [1.82, 2.24) is 10.2 Å². The number of hydrogen-bond donors (Lipinski definition) is 3. The van der Waals surface area contributed by atoms with E-state index in [1.165, 1.54) is 12.1 Å². The van der Waals surface area contributed by atoms with Crippen LogP contribution in [0.5, 0.6) is 5.75 Å². The van der Waals surface area contributed by atoms with Gasteiger partial charge in [0.15, 0.2) is 5.69 Å². The highest BCUT2D eigenvalue weighted by molar-refractivity contribution is 6.42. The maximum absolute atomic E-state index is 11.9. The molecule has 0 atom stereocenters. The fourth-order valence-corrected chi connectivity index (χ4v) is 2.26. The van der Waals surface area contributed by atoms with Crippen molar-refractivity contribution >= 4 is 34.6 Å². The van der Waals surface area contributed by atoms with E-state index in [2.05, 4.69) is 20.4 Å². The topological polar surface area (TPSA) is 93.6 Å². The number of benzene rings is 2. The van der Waals surface area contributed by atoms with Crippen molar-refractivity contribution in [3.63, 3.8) is 0 Å². The number of nitrogens with one attached hydrogen (secondary N) is 2. The highest BCUT2D eigenvalue weighted by atomic mass is 35.5. The van der Waals surface area contributed by atoms with Gasteiger partial charge in [0.25, 0.3) is 5.56 Å². The van der Waals surface area contributed by atoms with Gasteiger partial charge in [0.05, 0.1) is 21.4 Å². The van der Waals surface area contributed by atoms with Gasteiger partial charge in [0.1, 0.15) is 5.75 Å². The quantitative estimate of drug-likeness (QED) is 0.593. The van der Waals surface area contributed by atoms with Crippen LogP contribution in [0.1, 0.15) is 0 Å². The first kappa shape index (κ1) is 15.3. The highest BCUT2D eigenvalue weighted by Gasteiger charge is 2.12. The summed E-state index contributed by atoms with van der Waals surface area (Å²) in [4.78, 5) is 11.9. The lowest BCUT2D eigenvalue weighted by molar-refractivity contribution is 0.475. The molecule has 0 aliphatic carbocycles. The zero-order valence-electron chi connectivity index (χ0n) is 11.5. The average Bonchev–Trinajstić information content (AvgIpc) is 2.89. The SMILES string of the molecule is O=c1[nH][nH]c(-c2cccc(O)c2)c1N=Nc1ccc(Cl)c(Cl)c1. The number of aromatic nitrogens is 2. The van der Waals surface area contributed by atoms with E-state index >= 15 is 0 Å². The Morgan fingerprint density at radius 2 is 1.78 bits per heavy atom. The number of aromatic amines is 2. The molecule has 0 aliphatic rings. The average molecular weight is 349 g/mol. The van der Waals surface area contributed by atoms with Gasteiger partial charge in [-0.15, -0.1) is 5.11 Å². The Kier molecular flexibility index (Phi) is 4.18. The number of H-pyrrole nitrogens is 2. The van der Waals surface area contributed by atoms with E-state index in [4.69, 9.17) is 23.2 Å². The summed E-state index contributed by atoms with van der Waals surface area (Å²) in [6.45, 7) is 0. The molecule has 1 aromatic heterocycles. The van der Waals surface area contributed by atoms with Crippen molar-refractivity contribution in [2.75, 3.05) is 0 Å². The van der Waals surface area contributed by atoms with E-state index < -0.39 is 5.56 Å². The van der Waals surface area contributed by atoms with E-state index in [1.807, 2.05) is 0 Å². The van der Waals surface area contributed by atoms with E-state index in [0.717, 1.165) is 0 Å². The Labute approximate surface area is 140 Å². The minimum Gasteiger partial charge on any atom is -0.508 e. The molecule has 0 radical (unpaired) electrons. The molecule has 3 N–H and O–H groups in total. The first-order valence-electron chi connectivity index (χ1n) is 6.51. The molecular weight excluding hydrogens is 339 g/mol. The molecular formula is C15H10Cl2N4O2. The van der Waals surface area contributed by atoms with Crippen LogP contribution in [0.3, 0.4) is 0 Å². The van der Waals surface area contributed by atoms with E-state index in [-0.39, 0.29) is 11.4 Å². The number of aromatic hydroxyl groups is 1. The van der Waals surface area contributed by atoms with Crippen LogP contribution in [0.25, 0.3) is 11.3 Å². The molecule has 0 fully saturated rings. The second-order valence-corrected chi connectivity index (χ2v) is 5.47. The molecule has 2 aromatic carbocycles. The third-order valence-corrected chi connectivity index (χ3v) is 3.80. The number of hydrogen-bond acceptors (Lipinski definition) is 4. The zero-order chi connectivity index (χ0) is 16.4. The van der Waals surface area contributed by atoms with Gasteiger partial charge in [-0.3, -0.25) is 15.0 Å². The number of azo groups is 1. The molecule has 6 nitrogen and oxygen atoms in total. The fourth-order valence-electron chi connectivity index (χ4n) is 1.97. The van der Waals surface area contributed by atoms with Crippen LogP contribution in [0, 0.1) is 0 Å². The van der Waals surface area contributed by atoms with Crippen molar-refractivity contribution < 1.29 is 5.11 Å². The van der Waals surface area contributed by atoms with Gasteiger partial charge in [-0.25, -0.2) is 0 Å². The normalized spacial score (nSPS) is 11.2. The molecule has 0 spiro atoms. The summed E-state index contributed by atoms with van der Waals surface area (Å²) in [6, 6.07) is 11.2. The summed E-state index contributed by atoms with van der Waals surface area (Å²) in [5, 5.41) is 23.5. The van der Waals surface area contributed by atoms with Crippen molar-refractivity contribution in [1.29, 1.82) is 0 Å². The summed E-state index contributed by atoms with van der Waals surface area (Å²) in [7, 11) is 0. The van der Waals surface area contributed by atoms with Crippen LogP contribution in [0.2, 0.25) is 10.0 Å². The number of halogens is 2. The second-order valence-electron chi connectivity index (χ2n) is 4.65. The number of nitrogens with zero attached hydrogens (tertiary/aromatic N) is 2. The third-order valence-electron chi connectivity index (χ3n) is 3.06. The lowest BCUT2D eigenvalue weighted by Gasteiger charge is -2.00. The largest absolute Gasteiger partial charge is 0.508 e. The molecule has 8 heteroatoms. The minimum absolute atomic E-state index is 0.0805. The molecule has 0 aliphatic heterocycles. The minimum atomic E-state index is -0.424. The van der Waals surface area contributed by atoms with E-state index in [0.29, 0.717) is 27.0 Å². The first-order valence-corrected chi connectivity index (χ1v) is 7.27. The van der Waals surface area contributed by atoms with E-state index in [1.54, 1.807) is 30.3 Å². The monoisotopic (exact) mass is 348 g/mol. The summed E-state index contributed by atoms with van der Waals surface area (Å²) >= 11 is 11.8. The Morgan fingerprint density at radius 1 is 0.957 bits per heavy atom. The number of rotatable bonds is 3. The molecule has 0 amide bonds. The highest BCUT2D eigenvalue weighted by Crippen LogP contribution is 2.30. The van der Waals surface area contributed by atoms with Crippen molar-refractivity contribution in [3.8, 4) is 17.0 Å². The van der Waals surface area contributed by atoms with Crippen LogP contribution in [-0.4, -0.2) is 15.3 Å². The maximum Gasteiger partial charge on any atom is 0.292 e. The summed E-state index contributed by atoms with van der Waals surface area (Å²) in [5.41, 5.74) is 1.16. The van der Waals surface area contributed by atoms with Gasteiger partial charge < -0.3 is 5.11 Å². The van der Waals surface area contributed by atoms with Gasteiger partial charge >= 0.3 is 0 Å². The molecule has 116 valence electrons. The molecule has 0 saturated carbocycles. The summed E-state index contributed by atoms with van der Waals surface area (Å²) < 4.78 is 0. The van der Waals surface area contributed by atoms with Gasteiger partial charge in [-0.05, 0) is 30.3 Å². The van der Waals surface area contributed by atoms with Gasteiger partial charge in [-0.1, -0.05) is 35.3 Å². The maximum atomic E-state index is 11.9. The lowest BCUT2D eigenvalue weighted by Crippen LogP contribution is -1.96. The molecule has 3 rings (SSSR count). The van der Waals surface area contributed by atoms with Crippen LogP contribution in [0.15, 0.2) is 57.5 Å².